The minimum absolute atomic E-state index is 0.262. The van der Waals surface area contributed by atoms with Crippen molar-refractivity contribution in [3.8, 4) is 39.3 Å². The average Bonchev–Trinajstić information content (AvgIpc) is 3.53. The van der Waals surface area contributed by atoms with Crippen LogP contribution < -0.4 is 15.6 Å². The third-order valence-electron chi connectivity index (χ3n) is 6.03. The molecular weight excluding hydrogens is 484 g/mol. The molecule has 0 unspecified atom stereocenters. The zero-order valence-corrected chi connectivity index (χ0v) is 20.9. The highest BCUT2D eigenvalue weighted by Gasteiger charge is 2.23. The Morgan fingerprint density at radius 1 is 0.838 bits per heavy atom. The van der Waals surface area contributed by atoms with Gasteiger partial charge in [0.05, 0.1) is 18.2 Å². The minimum Gasteiger partial charge on any atom is -0.497 e. The molecule has 0 bridgehead atoms. The van der Waals surface area contributed by atoms with Gasteiger partial charge in [0.1, 0.15) is 27.9 Å². The van der Waals surface area contributed by atoms with Crippen molar-refractivity contribution in [2.24, 2.45) is 0 Å². The number of nitrogens with one attached hydrogen (secondary N) is 2. The normalized spacial score (nSPS) is 11.1. The summed E-state index contributed by atoms with van der Waals surface area (Å²) in [5, 5.41) is 17.8. The molecule has 2 N–H and O–H groups in total. The Bertz CT molecular complexity index is 1760. The summed E-state index contributed by atoms with van der Waals surface area (Å²) in [5.74, 6) is 1.21. The predicted octanol–water partition coefficient (Wildman–Crippen LogP) is 5.94. The molecule has 0 aliphatic rings. The number of aromatic nitrogens is 5. The zero-order chi connectivity index (χ0) is 25.4. The molecule has 6 aromatic rings. The van der Waals surface area contributed by atoms with Gasteiger partial charge >= 0.3 is 0 Å². The van der Waals surface area contributed by atoms with Crippen LogP contribution in [0.15, 0.2) is 89.7 Å². The van der Waals surface area contributed by atoms with Crippen LogP contribution in [0.25, 0.3) is 39.2 Å². The van der Waals surface area contributed by atoms with Gasteiger partial charge in [0.2, 0.25) is 5.13 Å². The van der Waals surface area contributed by atoms with E-state index in [0.717, 1.165) is 21.7 Å². The maximum Gasteiger partial charge on any atom is 0.284 e. The van der Waals surface area contributed by atoms with Gasteiger partial charge in [0.15, 0.2) is 0 Å². The van der Waals surface area contributed by atoms with E-state index in [1.54, 1.807) is 7.11 Å². The van der Waals surface area contributed by atoms with E-state index in [-0.39, 0.29) is 5.56 Å². The van der Waals surface area contributed by atoms with Crippen LogP contribution >= 0.6 is 11.3 Å². The van der Waals surface area contributed by atoms with Crippen molar-refractivity contribution in [1.29, 1.82) is 0 Å². The topological polar surface area (TPSA) is 97.2 Å². The van der Waals surface area contributed by atoms with Gasteiger partial charge in [-0.05, 0) is 30.2 Å². The number of rotatable bonds is 6. The Hall–Kier alpha value is -4.76. The Morgan fingerprint density at radius 3 is 2.11 bits per heavy atom. The quantitative estimate of drug-likeness (QED) is 0.290. The lowest BCUT2D eigenvalue weighted by Crippen LogP contribution is -2.19. The smallest absolute Gasteiger partial charge is 0.284 e. The van der Waals surface area contributed by atoms with Crippen LogP contribution in [-0.4, -0.2) is 31.9 Å². The van der Waals surface area contributed by atoms with Crippen molar-refractivity contribution in [2.45, 2.75) is 6.92 Å². The van der Waals surface area contributed by atoms with Crippen LogP contribution in [0.2, 0.25) is 0 Å². The van der Waals surface area contributed by atoms with E-state index in [1.165, 1.54) is 15.9 Å². The Balaban J connectivity index is 1.67. The van der Waals surface area contributed by atoms with E-state index in [2.05, 4.69) is 20.5 Å². The second-order valence-corrected chi connectivity index (χ2v) is 9.56. The summed E-state index contributed by atoms with van der Waals surface area (Å²) in [6.07, 6.45) is 0. The third-order valence-corrected chi connectivity index (χ3v) is 6.79. The molecule has 9 heteroatoms. The van der Waals surface area contributed by atoms with Crippen LogP contribution in [0.4, 0.5) is 10.9 Å². The van der Waals surface area contributed by atoms with Gasteiger partial charge in [-0.2, -0.15) is 9.61 Å². The third kappa shape index (κ3) is 4.15. The molecule has 3 heterocycles. The summed E-state index contributed by atoms with van der Waals surface area (Å²) >= 11 is 1.41. The fraction of sp³-hybridized carbons (Fsp3) is 0.0714. The van der Waals surface area contributed by atoms with Crippen molar-refractivity contribution in [1.82, 2.24) is 24.8 Å². The Morgan fingerprint density at radius 2 is 1.49 bits per heavy atom. The number of methoxy groups -OCH3 is 1. The van der Waals surface area contributed by atoms with Gasteiger partial charge in [-0.15, -0.1) is 10.2 Å². The van der Waals surface area contributed by atoms with Crippen molar-refractivity contribution in [3.63, 3.8) is 0 Å². The van der Waals surface area contributed by atoms with Crippen molar-refractivity contribution in [3.05, 3.63) is 100 Å². The predicted molar refractivity (Wildman–Crippen MR) is 147 cm³/mol. The first-order chi connectivity index (χ1) is 18.1. The van der Waals surface area contributed by atoms with E-state index < -0.39 is 0 Å². The lowest BCUT2D eigenvalue weighted by molar-refractivity contribution is 0.415. The molecule has 0 radical (unpaired) electrons. The molecule has 0 amide bonds. The molecule has 0 spiro atoms. The summed E-state index contributed by atoms with van der Waals surface area (Å²) < 4.78 is 6.76. The highest BCUT2D eigenvalue weighted by atomic mass is 32.1. The molecule has 6 rings (SSSR count). The molecule has 0 saturated carbocycles. The van der Waals surface area contributed by atoms with Crippen LogP contribution in [-0.2, 0) is 0 Å². The molecule has 3 aromatic heterocycles. The Labute approximate surface area is 216 Å². The highest BCUT2D eigenvalue weighted by molar-refractivity contribution is 7.15. The lowest BCUT2D eigenvalue weighted by atomic mass is 10.0. The first-order valence-electron chi connectivity index (χ1n) is 11.6. The van der Waals surface area contributed by atoms with Crippen LogP contribution in [0.3, 0.4) is 0 Å². The number of aromatic amines is 1. The van der Waals surface area contributed by atoms with Crippen LogP contribution in [0.5, 0.6) is 5.75 Å². The number of hydrogen-bond donors (Lipinski definition) is 2. The van der Waals surface area contributed by atoms with E-state index in [9.17, 15) is 4.79 Å². The second kappa shape index (κ2) is 9.36. The first kappa shape index (κ1) is 22.7. The van der Waals surface area contributed by atoms with Gasteiger partial charge in [0, 0.05) is 5.56 Å². The average molecular weight is 507 g/mol. The van der Waals surface area contributed by atoms with Crippen LogP contribution in [0, 0.1) is 6.92 Å². The summed E-state index contributed by atoms with van der Waals surface area (Å²) in [6, 6.07) is 27.2. The van der Waals surface area contributed by atoms with E-state index in [0.29, 0.717) is 39.2 Å². The van der Waals surface area contributed by atoms with Gasteiger partial charge < -0.3 is 15.0 Å². The number of benzene rings is 3. The zero-order valence-electron chi connectivity index (χ0n) is 20.1. The second-order valence-electron chi connectivity index (χ2n) is 8.38. The SMILES string of the molecule is COc1ccc(-c2c(Nc3nnc(C)s3)[nH]c3c(-c4ccccc4)c(-c4ccccc4)nn3c2=O)cc1. The van der Waals surface area contributed by atoms with E-state index in [4.69, 9.17) is 9.84 Å². The van der Waals surface area contributed by atoms with E-state index >= 15 is 0 Å². The van der Waals surface area contributed by atoms with Gasteiger partial charge in [-0.1, -0.05) is 84.1 Å². The molecular formula is C28H22N6O2S. The molecule has 37 heavy (non-hydrogen) atoms. The lowest BCUT2D eigenvalue weighted by Gasteiger charge is -2.12. The van der Waals surface area contributed by atoms with Crippen molar-refractivity contribution in [2.75, 3.05) is 12.4 Å². The maximum atomic E-state index is 14.1. The number of ether oxygens (including phenoxy) is 1. The molecule has 0 fully saturated rings. The molecule has 0 aliphatic heterocycles. The maximum absolute atomic E-state index is 14.1. The summed E-state index contributed by atoms with van der Waals surface area (Å²) in [4.78, 5) is 17.6. The van der Waals surface area contributed by atoms with Crippen LogP contribution in [0.1, 0.15) is 5.01 Å². The van der Waals surface area contributed by atoms with Gasteiger partial charge in [-0.25, -0.2) is 0 Å². The number of anilines is 2. The monoisotopic (exact) mass is 506 g/mol. The number of nitrogens with zero attached hydrogens (tertiary/aromatic N) is 4. The van der Waals surface area contributed by atoms with Crippen molar-refractivity contribution >= 4 is 27.9 Å². The van der Waals surface area contributed by atoms with Crippen molar-refractivity contribution < 1.29 is 4.74 Å². The largest absolute Gasteiger partial charge is 0.497 e. The molecule has 0 saturated heterocycles. The first-order valence-corrected chi connectivity index (χ1v) is 12.5. The molecule has 8 nitrogen and oxygen atoms in total. The highest BCUT2D eigenvalue weighted by Crippen LogP contribution is 2.36. The van der Waals surface area contributed by atoms with Gasteiger partial charge in [0.25, 0.3) is 5.56 Å². The molecule has 0 atom stereocenters. The molecule has 182 valence electrons. The fourth-order valence-corrected chi connectivity index (χ4v) is 4.92. The summed E-state index contributed by atoms with van der Waals surface area (Å²) in [5.41, 5.74) is 4.87. The number of aryl methyl sites for hydroxylation is 1. The summed E-state index contributed by atoms with van der Waals surface area (Å²) in [7, 11) is 1.61. The van der Waals surface area contributed by atoms with Gasteiger partial charge in [-0.3, -0.25) is 4.79 Å². The minimum atomic E-state index is -0.262. The number of fused-ring (bicyclic) bond motifs is 1. The van der Waals surface area contributed by atoms with E-state index in [1.807, 2.05) is 91.9 Å². The number of H-pyrrole nitrogens is 1. The fourth-order valence-electron chi connectivity index (χ4n) is 4.32. The summed E-state index contributed by atoms with van der Waals surface area (Å²) in [6.45, 7) is 1.88. The standard InChI is InChI=1S/C28H22N6O2S/c1-17-31-32-28(37-17)30-25-23(19-13-15-21(36-2)16-14-19)27(35)34-26(29-25)22(18-9-5-3-6-10-18)24(33-34)20-11-7-4-8-12-20/h3-16,29H,1-2H3,(H,30,32). The number of hydrogen-bond acceptors (Lipinski definition) is 7. The molecule has 0 aliphatic carbocycles. The molecule has 3 aromatic carbocycles. The Kier molecular flexibility index (Phi) is 5.74.